The highest BCUT2D eigenvalue weighted by molar-refractivity contribution is 5.95. The fourth-order valence-corrected chi connectivity index (χ4v) is 3.93. The van der Waals surface area contributed by atoms with Crippen LogP contribution in [0.3, 0.4) is 0 Å². The van der Waals surface area contributed by atoms with Crippen molar-refractivity contribution in [2.45, 2.75) is 18.9 Å². The van der Waals surface area contributed by atoms with Crippen LogP contribution in [0.15, 0.2) is 72.8 Å². The van der Waals surface area contributed by atoms with Gasteiger partial charge in [-0.1, -0.05) is 36.4 Å². The van der Waals surface area contributed by atoms with Gasteiger partial charge in [0.2, 0.25) is 0 Å². The summed E-state index contributed by atoms with van der Waals surface area (Å²) >= 11 is 0. The molecule has 0 saturated carbocycles. The van der Waals surface area contributed by atoms with Crippen LogP contribution in [0, 0.1) is 5.82 Å². The molecule has 3 aromatic carbocycles. The van der Waals surface area contributed by atoms with Gasteiger partial charge in [0.15, 0.2) is 0 Å². The van der Waals surface area contributed by atoms with E-state index in [2.05, 4.69) is 5.32 Å². The zero-order chi connectivity index (χ0) is 22.5. The lowest BCUT2D eigenvalue weighted by atomic mass is 10.0. The molecule has 1 fully saturated rings. The van der Waals surface area contributed by atoms with E-state index in [1.807, 2.05) is 48.5 Å². The van der Waals surface area contributed by atoms with Crippen LogP contribution >= 0.6 is 0 Å². The number of nitrogens with zero attached hydrogens (tertiary/aromatic N) is 1. The molecule has 5 nitrogen and oxygen atoms in total. The molecule has 164 valence electrons. The van der Waals surface area contributed by atoms with Gasteiger partial charge in [0.05, 0.1) is 12.7 Å². The number of methoxy groups -OCH3 is 1. The predicted molar refractivity (Wildman–Crippen MR) is 121 cm³/mol. The van der Waals surface area contributed by atoms with E-state index in [4.69, 9.17) is 4.74 Å². The predicted octanol–water partition coefficient (Wildman–Crippen LogP) is 4.54. The van der Waals surface area contributed by atoms with E-state index in [9.17, 15) is 14.0 Å². The molecule has 1 saturated heterocycles. The number of hydrogen-bond donors (Lipinski definition) is 1. The van der Waals surface area contributed by atoms with Crippen LogP contribution in [0.2, 0.25) is 0 Å². The lowest BCUT2D eigenvalue weighted by Crippen LogP contribution is -2.46. The highest BCUT2D eigenvalue weighted by Gasteiger charge is 2.25. The number of piperidine rings is 1. The van der Waals surface area contributed by atoms with Crippen molar-refractivity contribution in [3.63, 3.8) is 0 Å². The maximum atomic E-state index is 13.8. The number of ether oxygens (including phenoxy) is 1. The van der Waals surface area contributed by atoms with Crippen molar-refractivity contribution in [2.75, 3.05) is 20.2 Å². The first-order chi connectivity index (χ1) is 15.5. The summed E-state index contributed by atoms with van der Waals surface area (Å²) in [6.45, 7) is 1.08. The van der Waals surface area contributed by atoms with Gasteiger partial charge >= 0.3 is 0 Å². The maximum absolute atomic E-state index is 13.8. The summed E-state index contributed by atoms with van der Waals surface area (Å²) in [6.07, 6.45) is 1.27. The number of amides is 2. The third-order valence-corrected chi connectivity index (χ3v) is 5.77. The number of carbonyl (C=O) groups is 2. The Morgan fingerprint density at radius 3 is 2.34 bits per heavy atom. The van der Waals surface area contributed by atoms with Crippen LogP contribution in [0.1, 0.15) is 33.6 Å². The number of halogens is 1. The van der Waals surface area contributed by atoms with Crippen molar-refractivity contribution in [3.8, 4) is 16.9 Å². The second-order valence-corrected chi connectivity index (χ2v) is 7.83. The Morgan fingerprint density at radius 1 is 0.938 bits per heavy atom. The highest BCUT2D eigenvalue weighted by Crippen LogP contribution is 2.25. The van der Waals surface area contributed by atoms with Crippen LogP contribution in [0.5, 0.6) is 5.75 Å². The fourth-order valence-electron chi connectivity index (χ4n) is 3.93. The Balaban J connectivity index is 1.34. The quantitative estimate of drug-likeness (QED) is 0.644. The minimum atomic E-state index is -0.532. The molecule has 4 rings (SSSR count). The zero-order valence-electron chi connectivity index (χ0n) is 17.9. The van der Waals surface area contributed by atoms with Crippen LogP contribution in [-0.2, 0) is 0 Å². The van der Waals surface area contributed by atoms with Crippen molar-refractivity contribution in [1.82, 2.24) is 10.2 Å². The molecule has 0 unspecified atom stereocenters. The molecule has 0 bridgehead atoms. The molecule has 6 heteroatoms. The molecule has 0 radical (unpaired) electrons. The molecule has 0 aromatic heterocycles. The maximum Gasteiger partial charge on any atom is 0.254 e. The fraction of sp³-hybridized carbons (Fsp3) is 0.231. The molecule has 0 atom stereocenters. The van der Waals surface area contributed by atoms with Crippen LogP contribution < -0.4 is 10.1 Å². The van der Waals surface area contributed by atoms with E-state index in [-0.39, 0.29) is 17.5 Å². The number of hydrogen-bond acceptors (Lipinski definition) is 3. The van der Waals surface area contributed by atoms with E-state index in [0.717, 1.165) is 16.9 Å². The summed E-state index contributed by atoms with van der Waals surface area (Å²) in [6, 6.07) is 21.2. The van der Waals surface area contributed by atoms with Crippen LogP contribution in [0.25, 0.3) is 11.1 Å². The first kappa shape index (κ1) is 21.6. The van der Waals surface area contributed by atoms with E-state index >= 15 is 0 Å². The van der Waals surface area contributed by atoms with Crippen molar-refractivity contribution in [2.24, 2.45) is 0 Å². The first-order valence-electron chi connectivity index (χ1n) is 10.6. The zero-order valence-corrected chi connectivity index (χ0v) is 17.9. The minimum Gasteiger partial charge on any atom is -0.497 e. The SMILES string of the molecule is COc1cccc(-c2ccc(C(=O)N3CCC(NC(=O)c4ccccc4F)CC3)cc2)c1. The van der Waals surface area contributed by atoms with Crippen LogP contribution in [0.4, 0.5) is 4.39 Å². The van der Waals surface area contributed by atoms with E-state index in [1.165, 1.54) is 12.1 Å². The largest absolute Gasteiger partial charge is 0.497 e. The Hall–Kier alpha value is -3.67. The lowest BCUT2D eigenvalue weighted by Gasteiger charge is -2.32. The third-order valence-electron chi connectivity index (χ3n) is 5.77. The first-order valence-corrected chi connectivity index (χ1v) is 10.6. The Morgan fingerprint density at radius 2 is 1.66 bits per heavy atom. The lowest BCUT2D eigenvalue weighted by molar-refractivity contribution is 0.0698. The van der Waals surface area contributed by atoms with E-state index < -0.39 is 11.7 Å². The third kappa shape index (κ3) is 4.80. The minimum absolute atomic E-state index is 0.0268. The second-order valence-electron chi connectivity index (χ2n) is 7.83. The molecule has 1 aliphatic rings. The van der Waals surface area contributed by atoms with Gasteiger partial charge in [-0.25, -0.2) is 4.39 Å². The summed E-state index contributed by atoms with van der Waals surface area (Å²) in [5, 5.41) is 2.88. The van der Waals surface area contributed by atoms with Crippen molar-refractivity contribution in [3.05, 3.63) is 89.7 Å². The molecule has 2 amide bonds. The van der Waals surface area contributed by atoms with Gasteiger partial charge in [0.1, 0.15) is 11.6 Å². The molecule has 1 heterocycles. The summed E-state index contributed by atoms with van der Waals surface area (Å²) < 4.78 is 19.1. The van der Waals surface area contributed by atoms with Gasteiger partial charge in [-0.3, -0.25) is 9.59 Å². The number of benzene rings is 3. The molecular formula is C26H25FN2O3. The molecule has 3 aromatic rings. The Labute approximate surface area is 186 Å². The molecular weight excluding hydrogens is 407 g/mol. The number of nitrogens with one attached hydrogen (secondary N) is 1. The van der Waals surface area contributed by atoms with Gasteiger partial charge in [0, 0.05) is 24.7 Å². The van der Waals surface area contributed by atoms with Gasteiger partial charge in [-0.2, -0.15) is 0 Å². The average molecular weight is 432 g/mol. The molecule has 1 N–H and O–H groups in total. The molecule has 32 heavy (non-hydrogen) atoms. The Bertz CT molecular complexity index is 1110. The molecule has 0 spiro atoms. The Kier molecular flexibility index (Phi) is 6.50. The second kappa shape index (κ2) is 9.64. The standard InChI is InChI=1S/C26H25FN2O3/c1-32-22-6-4-5-20(17-22)18-9-11-19(12-10-18)26(31)29-15-13-21(14-16-29)28-25(30)23-7-2-3-8-24(23)27/h2-12,17,21H,13-16H2,1H3,(H,28,30). The molecule has 0 aliphatic carbocycles. The van der Waals surface area contributed by atoms with Gasteiger partial charge in [0.25, 0.3) is 11.8 Å². The van der Waals surface area contributed by atoms with E-state index in [1.54, 1.807) is 24.1 Å². The van der Waals surface area contributed by atoms with Gasteiger partial charge in [-0.05, 0) is 60.4 Å². The number of carbonyl (C=O) groups excluding carboxylic acids is 2. The van der Waals surface area contributed by atoms with Gasteiger partial charge < -0.3 is 15.0 Å². The summed E-state index contributed by atoms with van der Waals surface area (Å²) in [5.41, 5.74) is 2.71. The normalized spacial score (nSPS) is 14.1. The van der Waals surface area contributed by atoms with Crippen LogP contribution in [-0.4, -0.2) is 43.0 Å². The number of likely N-dealkylation sites (tertiary alicyclic amines) is 1. The summed E-state index contributed by atoms with van der Waals surface area (Å²) in [7, 11) is 1.63. The van der Waals surface area contributed by atoms with Crippen molar-refractivity contribution < 1.29 is 18.7 Å². The average Bonchev–Trinajstić information content (AvgIpc) is 2.84. The summed E-state index contributed by atoms with van der Waals surface area (Å²) in [4.78, 5) is 27.0. The molecule has 1 aliphatic heterocycles. The van der Waals surface area contributed by atoms with Gasteiger partial charge in [-0.15, -0.1) is 0 Å². The van der Waals surface area contributed by atoms with Crippen molar-refractivity contribution in [1.29, 1.82) is 0 Å². The smallest absolute Gasteiger partial charge is 0.254 e. The number of rotatable bonds is 5. The monoisotopic (exact) mass is 432 g/mol. The topological polar surface area (TPSA) is 58.6 Å². The summed E-state index contributed by atoms with van der Waals surface area (Å²) in [5.74, 6) is -0.190. The van der Waals surface area contributed by atoms with Crippen molar-refractivity contribution >= 4 is 11.8 Å². The highest BCUT2D eigenvalue weighted by atomic mass is 19.1. The van der Waals surface area contributed by atoms with E-state index in [0.29, 0.717) is 31.5 Å².